The van der Waals surface area contributed by atoms with E-state index in [1.807, 2.05) is 30.3 Å². The SMILES string of the molecule is CCCCC[CH]OC(=O)Sc1ccccc1. The third-order valence-electron chi connectivity index (χ3n) is 2.05. The number of hydrogen-bond donors (Lipinski definition) is 0. The van der Waals surface area contributed by atoms with E-state index in [0.29, 0.717) is 0 Å². The molecular weight excluding hydrogens is 220 g/mol. The fourth-order valence-electron chi connectivity index (χ4n) is 1.21. The molecule has 0 aromatic heterocycles. The minimum Gasteiger partial charge on any atom is -0.450 e. The molecule has 2 nitrogen and oxygen atoms in total. The van der Waals surface area contributed by atoms with Crippen LogP contribution in [0.2, 0.25) is 0 Å². The molecule has 0 spiro atoms. The largest absolute Gasteiger partial charge is 0.450 e. The predicted octanol–water partition coefficient (Wildman–Crippen LogP) is 4.66. The molecular formula is C13H17O2S. The predicted molar refractivity (Wildman–Crippen MR) is 67.2 cm³/mol. The first kappa shape index (κ1) is 13.1. The summed E-state index contributed by atoms with van der Waals surface area (Å²) in [5.74, 6) is 0. The first-order valence-electron chi connectivity index (χ1n) is 5.58. The number of carbonyl (C=O) groups excluding carboxylic acids is 1. The van der Waals surface area contributed by atoms with E-state index in [-0.39, 0.29) is 5.30 Å². The number of hydrogen-bond acceptors (Lipinski definition) is 3. The summed E-state index contributed by atoms with van der Waals surface area (Å²) in [7, 11) is 0. The van der Waals surface area contributed by atoms with Gasteiger partial charge in [0.15, 0.2) is 0 Å². The monoisotopic (exact) mass is 237 g/mol. The Morgan fingerprint density at radius 2 is 2.06 bits per heavy atom. The number of thioether (sulfide) groups is 1. The maximum Gasteiger partial charge on any atom is 0.372 e. The average Bonchev–Trinajstić information content (AvgIpc) is 2.30. The maximum absolute atomic E-state index is 11.4. The van der Waals surface area contributed by atoms with Gasteiger partial charge in [-0.1, -0.05) is 38.0 Å². The molecule has 0 N–H and O–H groups in total. The summed E-state index contributed by atoms with van der Waals surface area (Å²) >= 11 is 1.11. The number of ether oxygens (including phenoxy) is 1. The molecule has 0 heterocycles. The van der Waals surface area contributed by atoms with Crippen molar-refractivity contribution >= 4 is 17.1 Å². The van der Waals surface area contributed by atoms with Crippen molar-refractivity contribution in [3.05, 3.63) is 36.9 Å². The zero-order valence-electron chi connectivity index (χ0n) is 9.52. The van der Waals surface area contributed by atoms with Crippen LogP contribution in [0.15, 0.2) is 35.2 Å². The standard InChI is InChI=1S/C13H17O2S/c1-2-3-4-8-11-15-13(14)16-12-9-6-5-7-10-12/h5-7,9-11H,2-4,8H2,1H3. The molecule has 0 unspecified atom stereocenters. The number of carbonyl (C=O) groups is 1. The van der Waals surface area contributed by atoms with Crippen LogP contribution in [0.25, 0.3) is 0 Å². The molecule has 0 saturated heterocycles. The molecule has 0 atom stereocenters. The fourth-order valence-corrected chi connectivity index (χ4v) is 1.82. The summed E-state index contributed by atoms with van der Waals surface area (Å²) in [6.45, 7) is 3.76. The van der Waals surface area contributed by atoms with E-state index in [1.54, 1.807) is 6.61 Å². The van der Waals surface area contributed by atoms with Crippen LogP contribution < -0.4 is 0 Å². The van der Waals surface area contributed by atoms with Gasteiger partial charge in [0.2, 0.25) is 0 Å². The van der Waals surface area contributed by atoms with Crippen molar-refractivity contribution < 1.29 is 9.53 Å². The van der Waals surface area contributed by atoms with Crippen LogP contribution in [0.3, 0.4) is 0 Å². The normalized spacial score (nSPS) is 10.1. The van der Waals surface area contributed by atoms with Crippen molar-refractivity contribution in [1.82, 2.24) is 0 Å². The lowest BCUT2D eigenvalue weighted by atomic mass is 10.2. The molecule has 0 bridgehead atoms. The van der Waals surface area contributed by atoms with E-state index in [0.717, 1.165) is 29.5 Å². The van der Waals surface area contributed by atoms with Crippen molar-refractivity contribution in [3.8, 4) is 0 Å². The van der Waals surface area contributed by atoms with E-state index in [4.69, 9.17) is 4.74 Å². The van der Waals surface area contributed by atoms with E-state index in [1.165, 1.54) is 12.8 Å². The average molecular weight is 237 g/mol. The fraction of sp³-hybridized carbons (Fsp3) is 0.385. The van der Waals surface area contributed by atoms with Crippen molar-refractivity contribution in [2.24, 2.45) is 0 Å². The molecule has 87 valence electrons. The highest BCUT2D eigenvalue weighted by Gasteiger charge is 2.04. The number of rotatable bonds is 6. The molecule has 0 fully saturated rings. The third kappa shape index (κ3) is 5.81. The first-order valence-corrected chi connectivity index (χ1v) is 6.39. The summed E-state index contributed by atoms with van der Waals surface area (Å²) < 4.78 is 4.99. The van der Waals surface area contributed by atoms with Gasteiger partial charge in [0.05, 0.1) is 0 Å². The minimum absolute atomic E-state index is 0.261. The first-order chi connectivity index (χ1) is 7.83. The molecule has 0 saturated carbocycles. The molecule has 1 radical (unpaired) electrons. The van der Waals surface area contributed by atoms with Gasteiger partial charge in [-0.05, 0) is 36.7 Å². The van der Waals surface area contributed by atoms with Crippen LogP contribution in [-0.2, 0) is 4.74 Å². The number of benzene rings is 1. The Bertz CT molecular complexity index is 298. The van der Waals surface area contributed by atoms with Crippen molar-refractivity contribution in [1.29, 1.82) is 0 Å². The minimum atomic E-state index is -0.261. The maximum atomic E-state index is 11.4. The smallest absolute Gasteiger partial charge is 0.372 e. The van der Waals surface area contributed by atoms with Gasteiger partial charge in [-0.2, -0.15) is 0 Å². The second-order valence-electron chi connectivity index (χ2n) is 3.45. The topological polar surface area (TPSA) is 26.3 Å². The number of unbranched alkanes of at least 4 members (excludes halogenated alkanes) is 3. The molecule has 0 aliphatic heterocycles. The van der Waals surface area contributed by atoms with Gasteiger partial charge in [-0.25, -0.2) is 4.79 Å². The Hall–Kier alpha value is -0.960. The van der Waals surface area contributed by atoms with Crippen LogP contribution >= 0.6 is 11.8 Å². The Morgan fingerprint density at radius 3 is 2.75 bits per heavy atom. The van der Waals surface area contributed by atoms with Gasteiger partial charge in [0.25, 0.3) is 0 Å². The van der Waals surface area contributed by atoms with Crippen LogP contribution in [0, 0.1) is 6.61 Å². The zero-order valence-corrected chi connectivity index (χ0v) is 10.3. The Kier molecular flexibility index (Phi) is 6.74. The second kappa shape index (κ2) is 8.22. The molecule has 1 aromatic rings. The summed E-state index contributed by atoms with van der Waals surface area (Å²) in [6, 6.07) is 9.51. The molecule has 1 aromatic carbocycles. The lowest BCUT2D eigenvalue weighted by Gasteiger charge is -2.02. The van der Waals surface area contributed by atoms with Crippen molar-refractivity contribution in [2.75, 3.05) is 0 Å². The van der Waals surface area contributed by atoms with E-state index in [2.05, 4.69) is 6.92 Å². The molecule has 3 heteroatoms. The third-order valence-corrected chi connectivity index (χ3v) is 2.82. The van der Waals surface area contributed by atoms with Crippen LogP contribution in [0.1, 0.15) is 32.6 Å². The van der Waals surface area contributed by atoms with Crippen molar-refractivity contribution in [2.45, 2.75) is 37.5 Å². The van der Waals surface area contributed by atoms with Gasteiger partial charge in [0, 0.05) is 4.90 Å². The second-order valence-corrected chi connectivity index (χ2v) is 4.45. The summed E-state index contributed by atoms with van der Waals surface area (Å²) in [5, 5.41) is -0.261. The van der Waals surface area contributed by atoms with E-state index < -0.39 is 0 Å². The van der Waals surface area contributed by atoms with Gasteiger partial charge in [-0.15, -0.1) is 0 Å². The van der Waals surface area contributed by atoms with Gasteiger partial charge in [0.1, 0.15) is 6.61 Å². The summed E-state index contributed by atoms with van der Waals surface area (Å²) in [6.07, 6.45) is 4.29. The van der Waals surface area contributed by atoms with Crippen LogP contribution in [0.5, 0.6) is 0 Å². The molecule has 0 aliphatic carbocycles. The highest BCUT2D eigenvalue weighted by molar-refractivity contribution is 8.13. The Balaban J connectivity index is 2.12. The lowest BCUT2D eigenvalue weighted by molar-refractivity contribution is 0.197. The van der Waals surface area contributed by atoms with E-state index in [9.17, 15) is 4.79 Å². The molecule has 0 amide bonds. The van der Waals surface area contributed by atoms with E-state index >= 15 is 0 Å². The zero-order chi connectivity index (χ0) is 11.6. The molecule has 1 rings (SSSR count). The lowest BCUT2D eigenvalue weighted by Crippen LogP contribution is -1.94. The summed E-state index contributed by atoms with van der Waals surface area (Å²) in [4.78, 5) is 12.3. The highest BCUT2D eigenvalue weighted by Crippen LogP contribution is 2.20. The quantitative estimate of drug-likeness (QED) is 0.409. The molecule has 16 heavy (non-hydrogen) atoms. The van der Waals surface area contributed by atoms with Crippen molar-refractivity contribution in [3.63, 3.8) is 0 Å². The van der Waals surface area contributed by atoms with Gasteiger partial charge >= 0.3 is 5.30 Å². The van der Waals surface area contributed by atoms with Gasteiger partial charge in [-0.3, -0.25) is 0 Å². The van der Waals surface area contributed by atoms with Crippen LogP contribution in [0.4, 0.5) is 4.79 Å². The Morgan fingerprint density at radius 1 is 1.31 bits per heavy atom. The Labute approximate surface area is 101 Å². The summed E-state index contributed by atoms with van der Waals surface area (Å²) in [5.41, 5.74) is 0. The van der Waals surface area contributed by atoms with Gasteiger partial charge < -0.3 is 4.74 Å². The molecule has 0 aliphatic rings. The van der Waals surface area contributed by atoms with Crippen LogP contribution in [-0.4, -0.2) is 5.30 Å². The highest BCUT2D eigenvalue weighted by atomic mass is 32.2.